The molecule has 3 rings (SSSR count). The van der Waals surface area contributed by atoms with Crippen LogP contribution in [0.25, 0.3) is 0 Å². The van der Waals surface area contributed by atoms with Crippen molar-refractivity contribution in [1.82, 2.24) is 0 Å². The Morgan fingerprint density at radius 3 is 1.32 bits per heavy atom. The van der Waals surface area contributed by atoms with E-state index in [0.29, 0.717) is 43.4 Å². The number of rotatable bonds is 6. The third kappa shape index (κ3) is 34.6. The molecular formula is C37H92O7. The second-order valence-corrected chi connectivity index (χ2v) is 10.3. The zero-order valence-electron chi connectivity index (χ0n) is 25.2. The molecule has 3 heterocycles. The van der Waals surface area contributed by atoms with E-state index >= 15 is 0 Å². The molecule has 0 radical (unpaired) electrons. The molecule has 0 spiro atoms. The quantitative estimate of drug-likeness (QED) is 0.307. The second-order valence-electron chi connectivity index (χ2n) is 10.3. The molecule has 0 aromatic heterocycles. The van der Waals surface area contributed by atoms with Crippen LogP contribution in [0.3, 0.4) is 0 Å². The molecule has 44 heavy (non-hydrogen) atoms. The number of ether oxygens (including phenoxy) is 6. The van der Waals surface area contributed by atoms with Crippen LogP contribution in [0.1, 0.15) is 186 Å². The highest BCUT2D eigenvalue weighted by atomic mass is 16.7. The molecule has 3 aliphatic heterocycles. The van der Waals surface area contributed by atoms with Crippen LogP contribution >= 0.6 is 0 Å². The SMILES string of the molecule is C.C.C.C.C.C.C.C.CCC(C)O.CCC1CC(C)OC(C)O1.CCC1CC(C)OCO1.CCCC1OC(C)CC(CC)O1. The Labute approximate surface area is 281 Å². The van der Waals surface area contributed by atoms with Crippen LogP contribution in [0.4, 0.5) is 0 Å². The number of hydrogen-bond donors (Lipinski definition) is 1. The summed E-state index contributed by atoms with van der Waals surface area (Å²) in [6.45, 7) is 21.1. The third-order valence-electron chi connectivity index (χ3n) is 6.46. The van der Waals surface area contributed by atoms with Crippen molar-refractivity contribution in [2.45, 2.75) is 242 Å². The summed E-state index contributed by atoms with van der Waals surface area (Å²) in [6.07, 6.45) is 11.8. The van der Waals surface area contributed by atoms with Crippen molar-refractivity contribution >= 4 is 0 Å². The van der Waals surface area contributed by atoms with E-state index < -0.39 is 0 Å². The van der Waals surface area contributed by atoms with Gasteiger partial charge in [-0.3, -0.25) is 0 Å². The normalized spacial score (nSPS) is 28.7. The van der Waals surface area contributed by atoms with Crippen molar-refractivity contribution in [3.8, 4) is 0 Å². The monoisotopic (exact) mass is 649 g/mol. The second kappa shape index (κ2) is 40.7. The lowest BCUT2D eigenvalue weighted by molar-refractivity contribution is -0.240. The first-order valence-corrected chi connectivity index (χ1v) is 14.6. The molecular weight excluding hydrogens is 556 g/mol. The van der Waals surface area contributed by atoms with Gasteiger partial charge in [-0.15, -0.1) is 0 Å². The molecule has 282 valence electrons. The smallest absolute Gasteiger partial charge is 0.158 e. The number of aliphatic hydroxyl groups is 1. The van der Waals surface area contributed by atoms with Gasteiger partial charge in [-0.2, -0.15) is 0 Å². The van der Waals surface area contributed by atoms with E-state index in [1.165, 1.54) is 0 Å². The van der Waals surface area contributed by atoms with E-state index in [1.807, 2.05) is 13.8 Å². The fourth-order valence-corrected chi connectivity index (χ4v) is 4.04. The predicted octanol–water partition coefficient (Wildman–Crippen LogP) is 12.1. The molecule has 0 saturated carbocycles. The standard InChI is InChI=1S/C10H20O2.C8H16O2.C7H14O2.C4H10O.8CH4/c1-4-6-10-11-8(3)7-9(5-2)12-10;1-4-8-5-6(2)9-7(3)10-8;1-3-7-4-6(2)8-5-9-7;1-3-4(2)5;;;;;;;;/h8-10H,4-7H2,1-3H3;6-8H,4-5H2,1-3H3;6-7H,3-5H2,1-2H3;4-5H,3H2,1-2H3;8*1H4. The van der Waals surface area contributed by atoms with Gasteiger partial charge < -0.3 is 33.5 Å². The Kier molecular flexibility index (Phi) is 61.3. The molecule has 9 unspecified atom stereocenters. The Bertz CT molecular complexity index is 482. The molecule has 0 aromatic carbocycles. The van der Waals surface area contributed by atoms with Crippen LogP contribution in [-0.2, 0) is 28.4 Å². The Morgan fingerprint density at radius 1 is 0.568 bits per heavy atom. The lowest BCUT2D eigenvalue weighted by Crippen LogP contribution is -2.36. The topological polar surface area (TPSA) is 75.6 Å². The molecule has 0 aromatic rings. The number of aliphatic hydroxyl groups excluding tert-OH is 1. The first kappa shape index (κ1) is 66.2. The van der Waals surface area contributed by atoms with Crippen LogP contribution in [0, 0.1) is 0 Å². The first-order chi connectivity index (χ1) is 17.1. The fourth-order valence-electron chi connectivity index (χ4n) is 4.04. The highest BCUT2D eigenvalue weighted by Crippen LogP contribution is 2.23. The summed E-state index contributed by atoms with van der Waals surface area (Å²) in [7, 11) is 0. The molecule has 0 aliphatic carbocycles. The Morgan fingerprint density at radius 2 is 0.977 bits per heavy atom. The van der Waals surface area contributed by atoms with Crippen molar-refractivity contribution < 1.29 is 33.5 Å². The van der Waals surface area contributed by atoms with Crippen LogP contribution < -0.4 is 0 Å². The van der Waals surface area contributed by atoms with Crippen molar-refractivity contribution in [1.29, 1.82) is 0 Å². The van der Waals surface area contributed by atoms with E-state index in [9.17, 15) is 0 Å². The molecule has 3 saturated heterocycles. The maximum absolute atomic E-state index is 8.36. The summed E-state index contributed by atoms with van der Waals surface area (Å²) < 4.78 is 32.7. The summed E-state index contributed by atoms with van der Waals surface area (Å²) in [5.41, 5.74) is 0. The summed E-state index contributed by atoms with van der Waals surface area (Å²) >= 11 is 0. The van der Waals surface area contributed by atoms with E-state index in [0.717, 1.165) is 57.8 Å². The van der Waals surface area contributed by atoms with Gasteiger partial charge in [0, 0.05) is 0 Å². The highest BCUT2D eigenvalue weighted by Gasteiger charge is 2.25. The minimum atomic E-state index is -0.116. The van der Waals surface area contributed by atoms with Gasteiger partial charge >= 0.3 is 0 Å². The largest absolute Gasteiger partial charge is 0.393 e. The first-order valence-electron chi connectivity index (χ1n) is 14.6. The van der Waals surface area contributed by atoms with E-state index in [4.69, 9.17) is 33.5 Å². The Balaban J connectivity index is -0.0000000514. The summed E-state index contributed by atoms with van der Waals surface area (Å²) in [4.78, 5) is 0. The fraction of sp³-hybridized carbons (Fsp3) is 1.00. The molecule has 1 N–H and O–H groups in total. The van der Waals surface area contributed by atoms with Gasteiger partial charge in [0.2, 0.25) is 0 Å². The van der Waals surface area contributed by atoms with Gasteiger partial charge in [-0.05, 0) is 86.0 Å². The van der Waals surface area contributed by atoms with E-state index in [2.05, 4.69) is 48.5 Å². The molecule has 3 fully saturated rings. The van der Waals surface area contributed by atoms with Crippen molar-refractivity contribution in [3.63, 3.8) is 0 Å². The predicted molar refractivity (Wildman–Crippen MR) is 200 cm³/mol. The maximum Gasteiger partial charge on any atom is 0.158 e. The minimum absolute atomic E-state index is 0. The van der Waals surface area contributed by atoms with Gasteiger partial charge in [-0.1, -0.05) is 100 Å². The lowest BCUT2D eigenvalue weighted by Gasteiger charge is -2.33. The summed E-state index contributed by atoms with van der Waals surface area (Å²) in [5, 5.41) is 8.36. The lowest BCUT2D eigenvalue weighted by atomic mass is 10.1. The molecule has 9 atom stereocenters. The molecule has 7 nitrogen and oxygen atoms in total. The van der Waals surface area contributed by atoms with Crippen molar-refractivity contribution in [2.24, 2.45) is 0 Å². The van der Waals surface area contributed by atoms with Crippen molar-refractivity contribution in [2.75, 3.05) is 6.79 Å². The van der Waals surface area contributed by atoms with E-state index in [-0.39, 0.29) is 78.1 Å². The van der Waals surface area contributed by atoms with Crippen LogP contribution in [0.2, 0.25) is 0 Å². The van der Waals surface area contributed by atoms with Gasteiger partial charge in [0.05, 0.1) is 42.7 Å². The molecule has 3 aliphatic rings. The third-order valence-corrected chi connectivity index (χ3v) is 6.46. The van der Waals surface area contributed by atoms with Gasteiger partial charge in [0.15, 0.2) is 12.6 Å². The van der Waals surface area contributed by atoms with Crippen molar-refractivity contribution in [3.05, 3.63) is 0 Å². The van der Waals surface area contributed by atoms with E-state index in [1.54, 1.807) is 6.92 Å². The molecule has 7 heteroatoms. The summed E-state index contributed by atoms with van der Waals surface area (Å²) in [6, 6.07) is 0. The number of hydrogen-bond acceptors (Lipinski definition) is 7. The van der Waals surface area contributed by atoms with Gasteiger partial charge in [0.1, 0.15) is 6.79 Å². The maximum atomic E-state index is 8.36. The van der Waals surface area contributed by atoms with Crippen LogP contribution in [-0.4, -0.2) is 67.2 Å². The molecule has 0 amide bonds. The van der Waals surface area contributed by atoms with Crippen LogP contribution in [0.15, 0.2) is 0 Å². The minimum Gasteiger partial charge on any atom is -0.393 e. The van der Waals surface area contributed by atoms with Crippen LogP contribution in [0.5, 0.6) is 0 Å². The van der Waals surface area contributed by atoms with Gasteiger partial charge in [0.25, 0.3) is 0 Å². The summed E-state index contributed by atoms with van der Waals surface area (Å²) in [5.74, 6) is 0. The average Bonchev–Trinajstić information content (AvgIpc) is 2.84. The highest BCUT2D eigenvalue weighted by molar-refractivity contribution is 4.68. The molecule has 0 bridgehead atoms. The zero-order valence-corrected chi connectivity index (χ0v) is 25.2. The van der Waals surface area contributed by atoms with Gasteiger partial charge in [-0.25, -0.2) is 0 Å². The average molecular weight is 649 g/mol. The zero-order chi connectivity index (χ0) is 27.5. The Hall–Kier alpha value is -0.280.